The van der Waals surface area contributed by atoms with Gasteiger partial charge in [0, 0.05) is 12.6 Å². The minimum Gasteiger partial charge on any atom is -0.493 e. The summed E-state index contributed by atoms with van der Waals surface area (Å²) >= 11 is 0. The van der Waals surface area contributed by atoms with Crippen molar-refractivity contribution in [3.8, 4) is 17.2 Å². The van der Waals surface area contributed by atoms with E-state index in [1.807, 2.05) is 0 Å². The molecular formula is C10H12FNO3. The topological polar surface area (TPSA) is 39.7 Å². The molecule has 1 heterocycles. The number of ether oxygens (including phenoxy) is 3. The Hall–Kier alpha value is -1.49. The van der Waals surface area contributed by atoms with Crippen molar-refractivity contribution in [2.24, 2.45) is 0 Å². The summed E-state index contributed by atoms with van der Waals surface area (Å²) in [6.45, 7) is 0.589. The summed E-state index contributed by atoms with van der Waals surface area (Å²) in [5, 5.41) is 2.93. The molecule has 0 aromatic heterocycles. The molecule has 1 aromatic rings. The fourth-order valence-electron chi connectivity index (χ4n) is 1.62. The molecule has 0 saturated carbocycles. The zero-order valence-corrected chi connectivity index (χ0v) is 8.59. The van der Waals surface area contributed by atoms with Gasteiger partial charge in [-0.2, -0.15) is 0 Å². The van der Waals surface area contributed by atoms with Crippen molar-refractivity contribution in [3.05, 3.63) is 17.4 Å². The highest BCUT2D eigenvalue weighted by atomic mass is 19.1. The first kappa shape index (κ1) is 10.0. The largest absolute Gasteiger partial charge is 0.493 e. The van der Waals surface area contributed by atoms with Crippen LogP contribution in [0.1, 0.15) is 5.56 Å². The van der Waals surface area contributed by atoms with E-state index < -0.39 is 5.82 Å². The Morgan fingerprint density at radius 2 is 2.33 bits per heavy atom. The highest BCUT2D eigenvalue weighted by Crippen LogP contribution is 2.42. The Labute approximate surface area is 86.9 Å². The fourth-order valence-corrected chi connectivity index (χ4v) is 1.62. The second-order valence-corrected chi connectivity index (χ2v) is 3.13. The minimum absolute atomic E-state index is 0.124. The first-order chi connectivity index (χ1) is 7.27. The van der Waals surface area contributed by atoms with Crippen molar-refractivity contribution in [3.63, 3.8) is 0 Å². The average molecular weight is 213 g/mol. The van der Waals surface area contributed by atoms with Crippen LogP contribution in [0, 0.1) is 5.82 Å². The molecule has 0 fully saturated rings. The summed E-state index contributed by atoms with van der Waals surface area (Å²) in [6, 6.07) is 1.28. The van der Waals surface area contributed by atoms with E-state index >= 15 is 0 Å². The van der Waals surface area contributed by atoms with E-state index in [2.05, 4.69) is 5.32 Å². The van der Waals surface area contributed by atoms with Gasteiger partial charge in [-0.05, 0) is 7.05 Å². The molecule has 1 N–H and O–H groups in total. The van der Waals surface area contributed by atoms with Gasteiger partial charge in [-0.1, -0.05) is 0 Å². The standard InChI is InChI=1S/C10H12FNO3/c1-12-4-6-9(13-2)7(11)3-8-10(6)15-5-14-8/h3,12H,4-5H2,1-2H3. The van der Waals surface area contributed by atoms with Gasteiger partial charge in [-0.15, -0.1) is 0 Å². The van der Waals surface area contributed by atoms with E-state index in [1.165, 1.54) is 13.2 Å². The van der Waals surface area contributed by atoms with Crippen LogP contribution in [-0.2, 0) is 6.54 Å². The van der Waals surface area contributed by atoms with Crippen molar-refractivity contribution in [2.45, 2.75) is 6.54 Å². The molecule has 15 heavy (non-hydrogen) atoms. The summed E-state index contributed by atoms with van der Waals surface area (Å²) in [5.41, 5.74) is 0.646. The lowest BCUT2D eigenvalue weighted by atomic mass is 10.1. The highest BCUT2D eigenvalue weighted by molar-refractivity contribution is 5.55. The monoisotopic (exact) mass is 213 g/mol. The predicted octanol–water partition coefficient (Wildman–Crippen LogP) is 1.28. The summed E-state index contributed by atoms with van der Waals surface area (Å²) in [6.07, 6.45) is 0. The van der Waals surface area contributed by atoms with Crippen LogP contribution in [0.2, 0.25) is 0 Å². The predicted molar refractivity (Wildman–Crippen MR) is 51.8 cm³/mol. The lowest BCUT2D eigenvalue weighted by Gasteiger charge is -2.11. The third kappa shape index (κ3) is 1.59. The number of halogens is 1. The van der Waals surface area contributed by atoms with E-state index in [9.17, 15) is 4.39 Å². The molecule has 0 atom stereocenters. The normalized spacial score (nSPS) is 13.0. The molecule has 2 rings (SSSR count). The zero-order chi connectivity index (χ0) is 10.8. The van der Waals surface area contributed by atoms with Crippen LogP contribution in [0.25, 0.3) is 0 Å². The summed E-state index contributed by atoms with van der Waals surface area (Å²) in [5.74, 6) is 0.752. The Morgan fingerprint density at radius 1 is 1.53 bits per heavy atom. The van der Waals surface area contributed by atoms with Gasteiger partial charge in [0.05, 0.1) is 12.7 Å². The summed E-state index contributed by atoms with van der Waals surface area (Å²) in [7, 11) is 3.20. The van der Waals surface area contributed by atoms with Crippen LogP contribution in [-0.4, -0.2) is 21.0 Å². The molecule has 1 aliphatic rings. The SMILES string of the molecule is CNCc1c(OC)c(F)cc2c1OCO2. The highest BCUT2D eigenvalue weighted by Gasteiger charge is 2.24. The molecule has 0 bridgehead atoms. The molecule has 0 spiro atoms. The summed E-state index contributed by atoms with van der Waals surface area (Å²) in [4.78, 5) is 0. The Bertz CT molecular complexity index is 378. The first-order valence-electron chi connectivity index (χ1n) is 4.57. The molecule has 0 saturated heterocycles. The van der Waals surface area contributed by atoms with Gasteiger partial charge >= 0.3 is 0 Å². The van der Waals surface area contributed by atoms with E-state index in [-0.39, 0.29) is 12.5 Å². The number of rotatable bonds is 3. The van der Waals surface area contributed by atoms with Crippen LogP contribution < -0.4 is 19.5 Å². The van der Waals surface area contributed by atoms with Crippen molar-refractivity contribution in [1.29, 1.82) is 0 Å². The van der Waals surface area contributed by atoms with Gasteiger partial charge < -0.3 is 19.5 Å². The molecular weight excluding hydrogens is 201 g/mol. The quantitative estimate of drug-likeness (QED) is 0.821. The Kier molecular flexibility index (Phi) is 2.64. The van der Waals surface area contributed by atoms with Crippen LogP contribution in [0.3, 0.4) is 0 Å². The van der Waals surface area contributed by atoms with E-state index in [0.717, 1.165) is 0 Å². The number of nitrogens with one attached hydrogen (secondary N) is 1. The number of fused-ring (bicyclic) bond motifs is 1. The maximum Gasteiger partial charge on any atom is 0.231 e. The first-order valence-corrected chi connectivity index (χ1v) is 4.57. The van der Waals surface area contributed by atoms with E-state index in [4.69, 9.17) is 14.2 Å². The van der Waals surface area contributed by atoms with Crippen molar-refractivity contribution >= 4 is 0 Å². The molecule has 0 aliphatic carbocycles. The fraction of sp³-hybridized carbons (Fsp3) is 0.400. The minimum atomic E-state index is -0.438. The third-order valence-corrected chi connectivity index (χ3v) is 2.22. The maximum atomic E-state index is 13.5. The molecule has 0 unspecified atom stereocenters. The van der Waals surface area contributed by atoms with E-state index in [0.29, 0.717) is 23.6 Å². The molecule has 0 amide bonds. The molecule has 1 aliphatic heterocycles. The van der Waals surface area contributed by atoms with Gasteiger partial charge in [-0.3, -0.25) is 0 Å². The van der Waals surface area contributed by atoms with Crippen molar-refractivity contribution in [2.75, 3.05) is 21.0 Å². The van der Waals surface area contributed by atoms with Gasteiger partial charge in [0.1, 0.15) is 0 Å². The number of benzene rings is 1. The van der Waals surface area contributed by atoms with Crippen LogP contribution in [0.15, 0.2) is 6.07 Å². The number of methoxy groups -OCH3 is 1. The summed E-state index contributed by atoms with van der Waals surface area (Å²) < 4.78 is 28.9. The molecule has 1 aromatic carbocycles. The number of hydrogen-bond acceptors (Lipinski definition) is 4. The Balaban J connectivity index is 2.55. The number of hydrogen-bond donors (Lipinski definition) is 1. The molecule has 82 valence electrons. The maximum absolute atomic E-state index is 13.5. The van der Waals surface area contributed by atoms with Crippen molar-refractivity contribution in [1.82, 2.24) is 5.32 Å². The molecule has 5 heteroatoms. The molecule has 4 nitrogen and oxygen atoms in total. The zero-order valence-electron chi connectivity index (χ0n) is 8.59. The van der Waals surface area contributed by atoms with Gasteiger partial charge in [-0.25, -0.2) is 4.39 Å². The smallest absolute Gasteiger partial charge is 0.231 e. The second-order valence-electron chi connectivity index (χ2n) is 3.13. The lowest BCUT2D eigenvalue weighted by Crippen LogP contribution is -2.08. The van der Waals surface area contributed by atoms with Gasteiger partial charge in [0.25, 0.3) is 0 Å². The molecule has 0 radical (unpaired) electrons. The van der Waals surface area contributed by atoms with Crippen molar-refractivity contribution < 1.29 is 18.6 Å². The third-order valence-electron chi connectivity index (χ3n) is 2.22. The Morgan fingerprint density at radius 3 is 3.00 bits per heavy atom. The van der Waals surface area contributed by atoms with E-state index in [1.54, 1.807) is 7.05 Å². The average Bonchev–Trinajstić information content (AvgIpc) is 2.66. The van der Waals surface area contributed by atoms with Crippen LogP contribution in [0.4, 0.5) is 4.39 Å². The van der Waals surface area contributed by atoms with Gasteiger partial charge in [0.15, 0.2) is 23.1 Å². The van der Waals surface area contributed by atoms with Gasteiger partial charge in [0.2, 0.25) is 6.79 Å². The van der Waals surface area contributed by atoms with Crippen LogP contribution in [0.5, 0.6) is 17.2 Å². The second kappa shape index (κ2) is 3.94. The lowest BCUT2D eigenvalue weighted by molar-refractivity contribution is 0.173. The van der Waals surface area contributed by atoms with Crippen LogP contribution >= 0.6 is 0 Å².